The molecule has 9 nitrogen and oxygen atoms in total. The molecular weight excluding hydrogens is 545 g/mol. The minimum absolute atomic E-state index is 0.0404. The van der Waals surface area contributed by atoms with Crippen LogP contribution in [-0.4, -0.2) is 49.2 Å². The van der Waals surface area contributed by atoms with Crippen LogP contribution in [0.25, 0.3) is 16.7 Å². The second kappa shape index (κ2) is 10.3. The first-order chi connectivity index (χ1) is 19.2. The van der Waals surface area contributed by atoms with Crippen LogP contribution in [-0.2, 0) is 4.79 Å². The van der Waals surface area contributed by atoms with Crippen LogP contribution >= 0.6 is 11.8 Å². The lowest BCUT2D eigenvalue weighted by Gasteiger charge is -2.30. The molecule has 3 aliphatic rings. The Morgan fingerprint density at radius 1 is 1.07 bits per heavy atom. The van der Waals surface area contributed by atoms with Crippen molar-refractivity contribution in [1.29, 1.82) is 0 Å². The van der Waals surface area contributed by atoms with Crippen LogP contribution in [0.4, 0.5) is 13.2 Å². The third-order valence-corrected chi connectivity index (χ3v) is 8.82. The zero-order valence-corrected chi connectivity index (χ0v) is 22.3. The van der Waals surface area contributed by atoms with Crippen LogP contribution < -0.4 is 16.6 Å². The smallest absolute Gasteiger partial charge is 0.337 e. The highest BCUT2D eigenvalue weighted by atomic mass is 32.2. The molecule has 0 saturated heterocycles. The summed E-state index contributed by atoms with van der Waals surface area (Å²) in [5.74, 6) is -3.22. The Balaban J connectivity index is 1.27. The minimum atomic E-state index is -1.18. The molecule has 0 atom stereocenters. The van der Waals surface area contributed by atoms with Gasteiger partial charge >= 0.3 is 5.69 Å². The molecule has 208 valence electrons. The Labute approximate surface area is 230 Å². The maximum Gasteiger partial charge on any atom is 0.337 e. The van der Waals surface area contributed by atoms with E-state index in [0.29, 0.717) is 30.6 Å². The van der Waals surface area contributed by atoms with Gasteiger partial charge in [-0.3, -0.25) is 19.1 Å². The number of nitrogens with one attached hydrogen (secondary N) is 1. The number of pyridine rings is 1. The van der Waals surface area contributed by atoms with Gasteiger partial charge in [0.2, 0.25) is 0 Å². The van der Waals surface area contributed by atoms with Crippen molar-refractivity contribution in [2.24, 2.45) is 4.99 Å². The van der Waals surface area contributed by atoms with Gasteiger partial charge < -0.3 is 10.2 Å². The van der Waals surface area contributed by atoms with Crippen molar-refractivity contribution >= 4 is 33.9 Å². The number of aliphatic imine (C=N–C) groups is 1. The topological polar surface area (TPSA) is 102 Å². The van der Waals surface area contributed by atoms with Gasteiger partial charge in [0, 0.05) is 36.9 Å². The quantitative estimate of drug-likeness (QED) is 0.515. The number of halogens is 3. The lowest BCUT2D eigenvalue weighted by molar-refractivity contribution is -0.117. The molecule has 13 heteroatoms. The molecule has 1 saturated carbocycles. The summed E-state index contributed by atoms with van der Waals surface area (Å²) < 4.78 is 43.8. The third-order valence-electron chi connectivity index (χ3n) is 7.60. The number of hydrogen-bond acceptors (Lipinski definition) is 7. The first kappa shape index (κ1) is 26.4. The van der Waals surface area contributed by atoms with E-state index in [-0.39, 0.29) is 28.7 Å². The molecule has 4 heterocycles. The Morgan fingerprint density at radius 3 is 2.58 bits per heavy atom. The normalized spacial score (nSPS) is 21.0. The first-order valence-corrected chi connectivity index (χ1v) is 13.8. The molecule has 6 rings (SSSR count). The summed E-state index contributed by atoms with van der Waals surface area (Å²) >= 11 is 1.37. The summed E-state index contributed by atoms with van der Waals surface area (Å²) in [4.78, 5) is 51.3. The Hall–Kier alpha value is -3.87. The van der Waals surface area contributed by atoms with Crippen LogP contribution in [0, 0.1) is 17.5 Å². The number of hydrogen-bond donors (Lipinski definition) is 1. The van der Waals surface area contributed by atoms with Gasteiger partial charge in [0.25, 0.3) is 11.5 Å². The molecule has 1 aromatic carbocycles. The zero-order chi connectivity index (χ0) is 28.1. The number of nitrogens with zero attached hydrogens (tertiary/aromatic N) is 5. The van der Waals surface area contributed by atoms with E-state index in [0.717, 1.165) is 63.9 Å². The second-order valence-electron chi connectivity index (χ2n) is 10.1. The van der Waals surface area contributed by atoms with Crippen LogP contribution in [0.1, 0.15) is 45.1 Å². The predicted molar refractivity (Wildman–Crippen MR) is 145 cm³/mol. The lowest BCUT2D eigenvalue weighted by Crippen LogP contribution is -2.45. The Bertz CT molecular complexity index is 1720. The molecule has 0 bridgehead atoms. The maximum absolute atomic E-state index is 14.1. The summed E-state index contributed by atoms with van der Waals surface area (Å²) in [5, 5.41) is 3.77. The number of allylic oxidation sites excluding steroid dienone is 1. The van der Waals surface area contributed by atoms with Crippen molar-refractivity contribution in [3.8, 4) is 5.69 Å². The highest BCUT2D eigenvalue weighted by Gasteiger charge is 2.34. The van der Waals surface area contributed by atoms with Gasteiger partial charge in [0.05, 0.1) is 22.2 Å². The fraction of sp³-hybridized carbons (Fsp3) is 0.370. The van der Waals surface area contributed by atoms with E-state index >= 15 is 0 Å². The molecule has 1 aliphatic carbocycles. The highest BCUT2D eigenvalue weighted by Crippen LogP contribution is 2.36. The number of thioether (sulfide) groups is 1. The molecule has 40 heavy (non-hydrogen) atoms. The molecule has 1 N–H and O–H groups in total. The average Bonchev–Trinajstić information content (AvgIpc) is 3.28. The van der Waals surface area contributed by atoms with E-state index in [2.05, 4.69) is 20.2 Å². The van der Waals surface area contributed by atoms with E-state index in [1.807, 2.05) is 6.92 Å². The maximum atomic E-state index is 14.1. The molecule has 1 amide bonds. The van der Waals surface area contributed by atoms with Gasteiger partial charge in [-0.25, -0.2) is 27.5 Å². The summed E-state index contributed by atoms with van der Waals surface area (Å²) in [6, 6.07) is 3.18. The SMILES string of the molecule is CC1=C(C(=O)NC2CCC(n3c(=O)c4cc(F)cnc4n(-c4ccc(F)c(F)c4)c3=O)CC2)SC2=NCCCN21. The van der Waals surface area contributed by atoms with Gasteiger partial charge in [0.1, 0.15) is 5.82 Å². The molecule has 0 radical (unpaired) electrons. The van der Waals surface area contributed by atoms with Crippen molar-refractivity contribution in [2.75, 3.05) is 13.1 Å². The van der Waals surface area contributed by atoms with E-state index in [1.165, 1.54) is 17.8 Å². The monoisotopic (exact) mass is 570 g/mol. The first-order valence-electron chi connectivity index (χ1n) is 13.0. The molecule has 2 aromatic heterocycles. The molecule has 2 aliphatic heterocycles. The fourth-order valence-corrected chi connectivity index (χ4v) is 6.66. The van der Waals surface area contributed by atoms with Crippen molar-refractivity contribution in [2.45, 2.75) is 51.1 Å². The van der Waals surface area contributed by atoms with Crippen LogP contribution in [0.2, 0.25) is 0 Å². The number of carbonyl (C=O) groups excluding carboxylic acids is 1. The number of rotatable bonds is 4. The molecular formula is C27H25F3N6O3S. The second-order valence-corrected chi connectivity index (χ2v) is 11.1. The summed E-state index contributed by atoms with van der Waals surface area (Å²) in [5.41, 5.74) is -0.801. The number of fused-ring (bicyclic) bond motifs is 2. The van der Waals surface area contributed by atoms with Crippen LogP contribution in [0.5, 0.6) is 0 Å². The van der Waals surface area contributed by atoms with Crippen molar-refractivity contribution < 1.29 is 18.0 Å². The standard InChI is InChI=1S/C27H25F3N6O3S/c1-14-22(40-26-31-9-2-10-34(14)26)24(37)33-16-3-5-17(6-4-16)36-25(38)19-11-15(28)13-32-23(19)35(27(36)39)18-7-8-20(29)21(30)12-18/h7-8,11-13,16-17H,2-6,9-10H2,1H3,(H,33,37). The Morgan fingerprint density at radius 2 is 1.85 bits per heavy atom. The van der Waals surface area contributed by atoms with Gasteiger partial charge in [-0.05, 0) is 69.0 Å². The summed E-state index contributed by atoms with van der Waals surface area (Å²) in [6.07, 6.45) is 3.61. The van der Waals surface area contributed by atoms with Gasteiger partial charge in [-0.1, -0.05) is 0 Å². The van der Waals surface area contributed by atoms with Crippen molar-refractivity contribution in [1.82, 2.24) is 24.3 Å². The number of benzene rings is 1. The minimum Gasteiger partial charge on any atom is -0.349 e. The van der Waals surface area contributed by atoms with E-state index in [1.54, 1.807) is 0 Å². The van der Waals surface area contributed by atoms with Crippen molar-refractivity contribution in [3.63, 3.8) is 0 Å². The number of amides is 1. The number of carbonyl (C=O) groups is 1. The largest absolute Gasteiger partial charge is 0.349 e. The predicted octanol–water partition coefficient (Wildman–Crippen LogP) is 3.60. The van der Waals surface area contributed by atoms with Gasteiger partial charge in [0.15, 0.2) is 22.4 Å². The summed E-state index contributed by atoms with van der Waals surface area (Å²) in [6.45, 7) is 3.50. The Kier molecular flexibility index (Phi) is 6.77. The number of amidine groups is 1. The van der Waals surface area contributed by atoms with Gasteiger partial charge in [-0.15, -0.1) is 0 Å². The molecule has 0 unspecified atom stereocenters. The van der Waals surface area contributed by atoms with E-state index < -0.39 is 34.7 Å². The third kappa shape index (κ3) is 4.51. The van der Waals surface area contributed by atoms with Crippen molar-refractivity contribution in [3.05, 3.63) is 79.4 Å². The molecule has 0 spiro atoms. The highest BCUT2D eigenvalue weighted by molar-refractivity contribution is 8.18. The van der Waals surface area contributed by atoms with Gasteiger partial charge in [-0.2, -0.15) is 0 Å². The average molecular weight is 571 g/mol. The lowest BCUT2D eigenvalue weighted by atomic mass is 9.91. The van der Waals surface area contributed by atoms with Crippen LogP contribution in [0.3, 0.4) is 0 Å². The van der Waals surface area contributed by atoms with Crippen LogP contribution in [0.15, 0.2) is 55.6 Å². The molecule has 1 fully saturated rings. The van der Waals surface area contributed by atoms with E-state index in [9.17, 15) is 27.6 Å². The zero-order valence-electron chi connectivity index (χ0n) is 21.5. The number of aromatic nitrogens is 3. The summed E-state index contributed by atoms with van der Waals surface area (Å²) in [7, 11) is 0. The van der Waals surface area contributed by atoms with E-state index in [4.69, 9.17) is 0 Å². The molecule has 3 aromatic rings. The fourth-order valence-electron chi connectivity index (χ4n) is 5.57.